The van der Waals surface area contributed by atoms with Gasteiger partial charge in [-0.1, -0.05) is 55.3 Å². The van der Waals surface area contributed by atoms with Crippen LogP contribution in [0.2, 0.25) is 0 Å². The highest BCUT2D eigenvalue weighted by Gasteiger charge is 2.35. The molecule has 32 heavy (non-hydrogen) atoms. The molecule has 4 nitrogen and oxygen atoms in total. The van der Waals surface area contributed by atoms with E-state index in [-0.39, 0.29) is 23.4 Å². The predicted octanol–water partition coefficient (Wildman–Crippen LogP) is 6.90. The number of aliphatic hydroxyl groups excluding tert-OH is 1. The Labute approximate surface area is 192 Å². The molecular formula is C24H30ClF3N2O2. The second-order valence-corrected chi connectivity index (χ2v) is 8.45. The van der Waals surface area contributed by atoms with Crippen LogP contribution in [0.1, 0.15) is 57.1 Å². The fourth-order valence-electron chi connectivity index (χ4n) is 3.43. The van der Waals surface area contributed by atoms with E-state index in [2.05, 4.69) is 11.6 Å². The first-order valence-electron chi connectivity index (χ1n) is 10.6. The Morgan fingerprint density at radius 3 is 2.59 bits per heavy atom. The normalized spacial score (nSPS) is 16.1. The predicted molar refractivity (Wildman–Crippen MR) is 123 cm³/mol. The quantitative estimate of drug-likeness (QED) is 0.289. The zero-order chi connectivity index (χ0) is 23.9. The van der Waals surface area contributed by atoms with Crippen molar-refractivity contribution in [2.24, 2.45) is 4.99 Å². The van der Waals surface area contributed by atoms with Crippen LogP contribution < -0.4 is 0 Å². The summed E-state index contributed by atoms with van der Waals surface area (Å²) in [5, 5.41) is 22.2. The van der Waals surface area contributed by atoms with Crippen molar-refractivity contribution >= 4 is 28.6 Å². The lowest BCUT2D eigenvalue weighted by Gasteiger charge is -2.22. The van der Waals surface area contributed by atoms with E-state index < -0.39 is 17.8 Å². The average Bonchev–Trinajstić information content (AvgIpc) is 2.72. The third-order valence-corrected chi connectivity index (χ3v) is 5.53. The van der Waals surface area contributed by atoms with E-state index in [1.165, 1.54) is 12.1 Å². The van der Waals surface area contributed by atoms with Gasteiger partial charge >= 0.3 is 6.18 Å². The standard InChI is InChI=1S/C24H30ClF3N2O2/c1-4-5-13-30(32)15-22(31)17(3)20-7-6-8-21(24(26,27)28)23(20)29-16(2)14-18-9-11-19(25)12-10-18/h6-9,11,22,31-32H,3-5,10,12-15H2,1-2H3/b29-16+. The highest BCUT2D eigenvalue weighted by atomic mass is 35.5. The smallest absolute Gasteiger partial charge is 0.387 e. The molecular weight excluding hydrogens is 441 g/mol. The number of benzene rings is 1. The highest BCUT2D eigenvalue weighted by molar-refractivity contribution is 6.29. The van der Waals surface area contributed by atoms with E-state index in [1.807, 2.05) is 13.0 Å². The van der Waals surface area contributed by atoms with Crippen LogP contribution in [0.3, 0.4) is 0 Å². The van der Waals surface area contributed by atoms with Gasteiger partial charge in [0.25, 0.3) is 0 Å². The van der Waals surface area contributed by atoms with Crippen molar-refractivity contribution in [2.75, 3.05) is 13.1 Å². The molecule has 0 aromatic heterocycles. The molecule has 0 fully saturated rings. The summed E-state index contributed by atoms with van der Waals surface area (Å²) >= 11 is 5.98. The molecule has 0 saturated heterocycles. The Morgan fingerprint density at radius 1 is 1.28 bits per heavy atom. The molecule has 0 heterocycles. The second kappa shape index (κ2) is 11.8. The fourth-order valence-corrected chi connectivity index (χ4v) is 3.59. The number of hydrogen-bond acceptors (Lipinski definition) is 4. The summed E-state index contributed by atoms with van der Waals surface area (Å²) in [5.74, 6) is 0. The number of aliphatic hydroxyl groups is 1. The summed E-state index contributed by atoms with van der Waals surface area (Å²) in [6, 6.07) is 3.70. The van der Waals surface area contributed by atoms with E-state index in [0.29, 0.717) is 25.1 Å². The van der Waals surface area contributed by atoms with Crippen molar-refractivity contribution in [1.82, 2.24) is 5.06 Å². The third-order valence-electron chi connectivity index (χ3n) is 5.21. The van der Waals surface area contributed by atoms with Crippen LogP contribution >= 0.6 is 11.6 Å². The van der Waals surface area contributed by atoms with Gasteiger partial charge < -0.3 is 10.3 Å². The number of nitrogens with zero attached hydrogens (tertiary/aromatic N) is 2. The fraction of sp³-hybridized carbons (Fsp3) is 0.458. The number of allylic oxidation sites excluding steroid dienone is 4. The van der Waals surface area contributed by atoms with Crippen molar-refractivity contribution in [1.29, 1.82) is 0 Å². The van der Waals surface area contributed by atoms with Crippen molar-refractivity contribution in [3.8, 4) is 0 Å². The molecule has 1 aromatic rings. The first-order valence-corrected chi connectivity index (χ1v) is 11.0. The van der Waals surface area contributed by atoms with Gasteiger partial charge in [0.2, 0.25) is 0 Å². The third kappa shape index (κ3) is 7.59. The van der Waals surface area contributed by atoms with Gasteiger partial charge in [0.15, 0.2) is 0 Å². The SMILES string of the molecule is C=C(c1cccc(C(F)(F)F)c1/N=C(\C)CC1=CC=C(Cl)CC1)C(O)CN(O)CCCC. The molecule has 0 spiro atoms. The largest absolute Gasteiger partial charge is 0.418 e. The van der Waals surface area contributed by atoms with Gasteiger partial charge in [0.05, 0.1) is 23.9 Å². The molecule has 0 bridgehead atoms. The summed E-state index contributed by atoms with van der Waals surface area (Å²) in [5.41, 5.74) is 0.558. The average molecular weight is 471 g/mol. The number of halogens is 4. The number of hydroxylamine groups is 2. The van der Waals surface area contributed by atoms with Crippen LogP contribution in [-0.4, -0.2) is 40.3 Å². The lowest BCUT2D eigenvalue weighted by atomic mass is 9.96. The van der Waals surface area contributed by atoms with Gasteiger partial charge in [0, 0.05) is 29.3 Å². The number of unbranched alkanes of at least 4 members (excludes halogenated alkanes) is 1. The minimum absolute atomic E-state index is 0.0739. The van der Waals surface area contributed by atoms with Gasteiger partial charge in [-0.25, -0.2) is 0 Å². The number of para-hydroxylation sites is 1. The van der Waals surface area contributed by atoms with Gasteiger partial charge in [-0.15, -0.1) is 0 Å². The Bertz CT molecular complexity index is 907. The monoisotopic (exact) mass is 470 g/mol. The Kier molecular flexibility index (Phi) is 9.70. The van der Waals surface area contributed by atoms with Crippen molar-refractivity contribution in [3.63, 3.8) is 0 Å². The number of aliphatic imine (C=N–C) groups is 1. The van der Waals surface area contributed by atoms with Crippen molar-refractivity contribution < 1.29 is 23.5 Å². The van der Waals surface area contributed by atoms with Crippen LogP contribution in [0.15, 0.2) is 52.5 Å². The Hall–Kier alpha value is -1.93. The number of hydrogen-bond donors (Lipinski definition) is 2. The molecule has 2 N–H and O–H groups in total. The molecule has 0 radical (unpaired) electrons. The van der Waals surface area contributed by atoms with Crippen LogP contribution in [0.25, 0.3) is 5.57 Å². The molecule has 1 aromatic carbocycles. The zero-order valence-electron chi connectivity index (χ0n) is 18.4. The highest BCUT2D eigenvalue weighted by Crippen LogP contribution is 2.41. The summed E-state index contributed by atoms with van der Waals surface area (Å²) in [6.07, 6.45) is 1.23. The number of rotatable bonds is 10. The minimum atomic E-state index is -4.62. The minimum Gasteiger partial charge on any atom is -0.387 e. The molecule has 0 saturated carbocycles. The lowest BCUT2D eigenvalue weighted by Crippen LogP contribution is -2.31. The molecule has 1 atom stereocenters. The molecule has 176 valence electrons. The van der Waals surface area contributed by atoms with Gasteiger partial charge in [-0.3, -0.25) is 4.99 Å². The lowest BCUT2D eigenvalue weighted by molar-refractivity contribution is -0.137. The van der Waals surface area contributed by atoms with Crippen LogP contribution in [-0.2, 0) is 6.18 Å². The van der Waals surface area contributed by atoms with Crippen LogP contribution in [0, 0.1) is 0 Å². The van der Waals surface area contributed by atoms with Crippen LogP contribution in [0.4, 0.5) is 18.9 Å². The molecule has 8 heteroatoms. The van der Waals surface area contributed by atoms with E-state index in [4.69, 9.17) is 11.6 Å². The molecule has 2 rings (SSSR count). The van der Waals surface area contributed by atoms with Gasteiger partial charge in [-0.2, -0.15) is 18.2 Å². The Morgan fingerprint density at radius 2 is 2.00 bits per heavy atom. The summed E-state index contributed by atoms with van der Waals surface area (Å²) in [4.78, 5) is 4.32. The van der Waals surface area contributed by atoms with Gasteiger partial charge in [-0.05, 0) is 43.9 Å². The van der Waals surface area contributed by atoms with Crippen molar-refractivity contribution in [3.05, 3.63) is 58.7 Å². The zero-order valence-corrected chi connectivity index (χ0v) is 19.2. The van der Waals surface area contributed by atoms with E-state index in [1.54, 1.807) is 13.0 Å². The maximum Gasteiger partial charge on any atom is 0.418 e. The topological polar surface area (TPSA) is 56.1 Å². The summed E-state index contributed by atoms with van der Waals surface area (Å²) in [6.45, 7) is 7.65. The van der Waals surface area contributed by atoms with E-state index in [9.17, 15) is 23.5 Å². The number of alkyl halides is 3. The van der Waals surface area contributed by atoms with Gasteiger partial charge in [0.1, 0.15) is 0 Å². The Balaban J connectivity index is 2.36. The molecule has 1 unspecified atom stereocenters. The first kappa shape index (κ1) is 26.3. The van der Waals surface area contributed by atoms with Crippen LogP contribution in [0.5, 0.6) is 0 Å². The summed E-state index contributed by atoms with van der Waals surface area (Å²) in [7, 11) is 0. The first-order chi connectivity index (χ1) is 15.0. The molecule has 0 aliphatic heterocycles. The molecule has 1 aliphatic rings. The second-order valence-electron chi connectivity index (χ2n) is 7.97. The molecule has 0 amide bonds. The maximum absolute atomic E-state index is 13.8. The maximum atomic E-state index is 13.8. The van der Waals surface area contributed by atoms with E-state index in [0.717, 1.165) is 41.0 Å². The van der Waals surface area contributed by atoms with E-state index >= 15 is 0 Å². The molecule has 1 aliphatic carbocycles. The van der Waals surface area contributed by atoms with Crippen molar-refractivity contribution in [2.45, 2.75) is 58.2 Å². The summed E-state index contributed by atoms with van der Waals surface area (Å²) < 4.78 is 41.3.